The lowest BCUT2D eigenvalue weighted by Gasteiger charge is -2.12. The Bertz CT molecular complexity index is 913. The molecule has 0 aliphatic heterocycles. The Morgan fingerprint density at radius 2 is 1.83 bits per heavy atom. The van der Waals surface area contributed by atoms with Crippen LogP contribution in [0.5, 0.6) is 0 Å². The van der Waals surface area contributed by atoms with Crippen LogP contribution in [0.25, 0.3) is 22.1 Å². The quantitative estimate of drug-likeness (QED) is 0.673. The molecule has 1 N–H and O–H groups in total. The summed E-state index contributed by atoms with van der Waals surface area (Å²) in [6.07, 6.45) is -4.63. The second-order valence-electron chi connectivity index (χ2n) is 4.80. The molecule has 0 saturated carbocycles. The highest BCUT2D eigenvalue weighted by atomic mass is 35.5. The van der Waals surface area contributed by atoms with Crippen molar-refractivity contribution in [3.63, 3.8) is 0 Å². The third-order valence-corrected chi connectivity index (χ3v) is 3.58. The van der Waals surface area contributed by atoms with E-state index < -0.39 is 23.5 Å². The molecule has 0 fully saturated rings. The summed E-state index contributed by atoms with van der Waals surface area (Å²) in [5, 5.41) is 9.76. The fourth-order valence-corrected chi connectivity index (χ4v) is 2.61. The van der Waals surface area contributed by atoms with Crippen molar-refractivity contribution in [2.45, 2.75) is 6.18 Å². The zero-order chi connectivity index (χ0) is 16.8. The van der Waals surface area contributed by atoms with Crippen LogP contribution in [-0.2, 0) is 6.18 Å². The number of aromatic carboxylic acids is 1. The lowest BCUT2D eigenvalue weighted by Crippen LogP contribution is -2.08. The largest absolute Gasteiger partial charge is 0.475 e. The predicted octanol–water partition coefficient (Wildman–Crippen LogP) is 5.47. The molecule has 3 nitrogen and oxygen atoms in total. The van der Waals surface area contributed by atoms with Crippen LogP contribution in [0.2, 0.25) is 5.02 Å². The van der Waals surface area contributed by atoms with Gasteiger partial charge in [0.15, 0.2) is 0 Å². The number of rotatable bonds is 2. The Morgan fingerprint density at radius 3 is 2.48 bits per heavy atom. The van der Waals surface area contributed by atoms with Crippen LogP contribution in [0.4, 0.5) is 13.2 Å². The van der Waals surface area contributed by atoms with E-state index in [0.29, 0.717) is 0 Å². The van der Waals surface area contributed by atoms with E-state index in [1.807, 2.05) is 0 Å². The molecule has 0 aliphatic carbocycles. The standard InChI is InChI=1S/C16H8ClF3O3/c17-8-5-6-12-10(7-8)13(14(23-12)15(21)22)9-3-1-2-4-11(9)16(18,19)20/h1-7H,(H,21,22). The fraction of sp³-hybridized carbons (Fsp3) is 0.0625. The molecule has 0 saturated heterocycles. The van der Waals surface area contributed by atoms with Gasteiger partial charge in [-0.15, -0.1) is 0 Å². The minimum absolute atomic E-state index is 0.136. The van der Waals surface area contributed by atoms with E-state index in [2.05, 4.69) is 0 Å². The molecule has 23 heavy (non-hydrogen) atoms. The first-order valence-corrected chi connectivity index (χ1v) is 6.79. The molecule has 0 radical (unpaired) electrons. The lowest BCUT2D eigenvalue weighted by molar-refractivity contribution is -0.137. The van der Waals surface area contributed by atoms with Crippen LogP contribution in [0.3, 0.4) is 0 Å². The molecule has 0 atom stereocenters. The highest BCUT2D eigenvalue weighted by Crippen LogP contribution is 2.42. The second-order valence-corrected chi connectivity index (χ2v) is 5.23. The van der Waals surface area contributed by atoms with E-state index in [1.165, 1.54) is 36.4 Å². The molecule has 3 aromatic rings. The molecule has 3 rings (SSSR count). The molecule has 1 aromatic heterocycles. The zero-order valence-electron chi connectivity index (χ0n) is 11.3. The molecular weight excluding hydrogens is 333 g/mol. The van der Waals surface area contributed by atoms with Crippen LogP contribution < -0.4 is 0 Å². The van der Waals surface area contributed by atoms with E-state index in [0.717, 1.165) is 6.07 Å². The van der Waals surface area contributed by atoms with Gasteiger partial charge in [-0.1, -0.05) is 29.8 Å². The van der Waals surface area contributed by atoms with Crippen molar-refractivity contribution in [2.24, 2.45) is 0 Å². The van der Waals surface area contributed by atoms with E-state index in [1.54, 1.807) is 0 Å². The van der Waals surface area contributed by atoms with E-state index in [9.17, 15) is 23.1 Å². The molecule has 0 spiro atoms. The Labute approximate surface area is 132 Å². The molecule has 1 heterocycles. The van der Waals surface area contributed by atoms with Crippen molar-refractivity contribution in [1.29, 1.82) is 0 Å². The Morgan fingerprint density at radius 1 is 1.13 bits per heavy atom. The maximum atomic E-state index is 13.2. The van der Waals surface area contributed by atoms with Gasteiger partial charge in [-0.3, -0.25) is 0 Å². The topological polar surface area (TPSA) is 50.4 Å². The summed E-state index contributed by atoms with van der Waals surface area (Å²) in [5.74, 6) is -2.01. The highest BCUT2D eigenvalue weighted by Gasteiger charge is 2.35. The average molecular weight is 341 g/mol. The van der Waals surface area contributed by atoms with Gasteiger partial charge in [0.25, 0.3) is 0 Å². The first-order chi connectivity index (χ1) is 10.8. The fourth-order valence-electron chi connectivity index (χ4n) is 2.44. The number of carboxylic acid groups (broad SMARTS) is 1. The number of hydrogen-bond acceptors (Lipinski definition) is 2. The van der Waals surface area contributed by atoms with Gasteiger partial charge in [0.2, 0.25) is 5.76 Å². The predicted molar refractivity (Wildman–Crippen MR) is 78.6 cm³/mol. The van der Waals surface area contributed by atoms with Crippen LogP contribution in [-0.4, -0.2) is 11.1 Å². The van der Waals surface area contributed by atoms with Crippen molar-refractivity contribution < 1.29 is 27.5 Å². The number of alkyl halides is 3. The van der Waals surface area contributed by atoms with Crippen LogP contribution in [0, 0.1) is 0 Å². The monoisotopic (exact) mass is 340 g/mol. The normalized spacial score (nSPS) is 11.8. The van der Waals surface area contributed by atoms with Gasteiger partial charge in [0, 0.05) is 16.0 Å². The van der Waals surface area contributed by atoms with Gasteiger partial charge >= 0.3 is 12.1 Å². The molecule has 0 aliphatic rings. The zero-order valence-corrected chi connectivity index (χ0v) is 12.1. The number of furan rings is 1. The van der Waals surface area contributed by atoms with E-state index in [4.69, 9.17) is 16.0 Å². The SMILES string of the molecule is O=C(O)c1oc2ccc(Cl)cc2c1-c1ccccc1C(F)(F)F. The number of carboxylic acids is 1. The second kappa shape index (κ2) is 5.31. The molecule has 118 valence electrons. The summed E-state index contributed by atoms with van der Waals surface area (Å²) in [5.41, 5.74) is -1.19. The van der Waals surface area contributed by atoms with Gasteiger partial charge in [-0.2, -0.15) is 13.2 Å². The summed E-state index contributed by atoms with van der Waals surface area (Å²) in [6.45, 7) is 0. The first kappa shape index (κ1) is 15.4. The lowest BCUT2D eigenvalue weighted by atomic mass is 9.96. The highest BCUT2D eigenvalue weighted by molar-refractivity contribution is 6.31. The summed E-state index contributed by atoms with van der Waals surface area (Å²) in [7, 11) is 0. The molecule has 0 amide bonds. The van der Waals surface area contributed by atoms with Gasteiger partial charge in [0.1, 0.15) is 5.58 Å². The minimum atomic E-state index is -4.63. The van der Waals surface area contributed by atoms with Crippen molar-refractivity contribution in [2.75, 3.05) is 0 Å². The van der Waals surface area contributed by atoms with Crippen LogP contribution >= 0.6 is 11.6 Å². The Hall–Kier alpha value is -2.47. The molecule has 7 heteroatoms. The maximum absolute atomic E-state index is 13.2. The summed E-state index contributed by atoms with van der Waals surface area (Å²) in [6, 6.07) is 9.02. The van der Waals surface area contributed by atoms with Crippen molar-refractivity contribution in [3.8, 4) is 11.1 Å². The van der Waals surface area contributed by atoms with Crippen LogP contribution in [0.1, 0.15) is 16.1 Å². The van der Waals surface area contributed by atoms with Gasteiger partial charge in [0.05, 0.1) is 5.56 Å². The summed E-state index contributed by atoms with van der Waals surface area (Å²) >= 11 is 5.89. The molecule has 0 bridgehead atoms. The van der Waals surface area contributed by atoms with Gasteiger partial charge in [-0.25, -0.2) is 4.79 Å². The Balaban J connectivity index is 2.43. The number of halogens is 4. The van der Waals surface area contributed by atoms with Gasteiger partial charge < -0.3 is 9.52 Å². The van der Waals surface area contributed by atoms with E-state index in [-0.39, 0.29) is 27.1 Å². The number of carbonyl (C=O) groups is 1. The van der Waals surface area contributed by atoms with Crippen molar-refractivity contribution >= 4 is 28.5 Å². The first-order valence-electron chi connectivity index (χ1n) is 6.41. The van der Waals surface area contributed by atoms with Gasteiger partial charge in [-0.05, 0) is 29.8 Å². The summed E-state index contributed by atoms with van der Waals surface area (Å²) < 4.78 is 45.0. The van der Waals surface area contributed by atoms with Crippen molar-refractivity contribution in [3.05, 3.63) is 58.8 Å². The third-order valence-electron chi connectivity index (χ3n) is 3.35. The van der Waals surface area contributed by atoms with Crippen LogP contribution in [0.15, 0.2) is 46.9 Å². The smallest absolute Gasteiger partial charge is 0.417 e. The third kappa shape index (κ3) is 2.66. The molecule has 2 aromatic carbocycles. The average Bonchev–Trinajstić information content (AvgIpc) is 2.85. The number of fused-ring (bicyclic) bond motifs is 1. The van der Waals surface area contributed by atoms with Crippen molar-refractivity contribution in [1.82, 2.24) is 0 Å². The maximum Gasteiger partial charge on any atom is 0.417 e. The Kier molecular flexibility index (Phi) is 3.56. The molecule has 0 unspecified atom stereocenters. The van der Waals surface area contributed by atoms with E-state index >= 15 is 0 Å². The summed E-state index contributed by atoms with van der Waals surface area (Å²) in [4.78, 5) is 11.4. The minimum Gasteiger partial charge on any atom is -0.475 e. The number of benzene rings is 2. The number of hydrogen-bond donors (Lipinski definition) is 1. The molecular formula is C16H8ClF3O3.